The molecular formula is C36H68O18P2S4. The van der Waals surface area contributed by atoms with Gasteiger partial charge in [0, 0.05) is 12.3 Å². The van der Waals surface area contributed by atoms with E-state index in [9.17, 15) is 42.8 Å². The van der Waals surface area contributed by atoms with Crippen LogP contribution in [-0.4, -0.2) is 92.5 Å². The molecule has 0 heterocycles. The molecule has 4 fully saturated rings. The van der Waals surface area contributed by atoms with Crippen molar-refractivity contribution in [1.82, 2.24) is 0 Å². The average Bonchev–Trinajstić information content (AvgIpc) is 3.19. The highest BCUT2D eigenvalue weighted by Gasteiger charge is 2.41. The third-order valence-corrected chi connectivity index (χ3v) is 19.3. The molecule has 0 aliphatic heterocycles. The summed E-state index contributed by atoms with van der Waals surface area (Å²) < 4.78 is 174. The molecule has 0 aromatic heterocycles. The fourth-order valence-electron chi connectivity index (χ4n) is 7.63. The highest BCUT2D eigenvalue weighted by molar-refractivity contribution is 7.88. The minimum absolute atomic E-state index is 0.0865. The molecule has 0 spiro atoms. The van der Waals surface area contributed by atoms with Crippen molar-refractivity contribution in [3.63, 3.8) is 0 Å². The number of rotatable bonds is 27. The van der Waals surface area contributed by atoms with Gasteiger partial charge in [-0.1, -0.05) is 89.9 Å². The normalized spacial score (nSPS) is 23.4. The highest BCUT2D eigenvalue weighted by atomic mass is 32.2. The summed E-state index contributed by atoms with van der Waals surface area (Å²) in [4.78, 5) is 0. The van der Waals surface area contributed by atoms with Crippen LogP contribution in [-0.2, 0) is 84.9 Å². The van der Waals surface area contributed by atoms with Gasteiger partial charge in [-0.2, -0.15) is 33.7 Å². The minimum atomic E-state index is -4.69. The van der Waals surface area contributed by atoms with Gasteiger partial charge in [-0.3, -0.25) is 34.9 Å². The van der Waals surface area contributed by atoms with Crippen LogP contribution in [0.5, 0.6) is 0 Å². The standard InChI is InChI=1S/C36H68O18P2S4/c1-29(57(39,40)51-31-19-9-5-10-20-31)47-35(59(43,44)53-33-23-13-7-14-24-33)49-55(37)27-17-3-4-18-28-56(38)50-36(60(45,46)54-34-25-15-8-16-26-34)48-30(2)58(41,42)52-32-21-11-6-12-22-32/h29-36,55-56H,3-28H2,1-2H3. The maximum atomic E-state index is 13.3. The van der Waals surface area contributed by atoms with Crippen LogP contribution in [0.15, 0.2) is 0 Å². The summed E-state index contributed by atoms with van der Waals surface area (Å²) in [5, 5.41) is 0. The molecule has 6 unspecified atom stereocenters. The SMILES string of the molecule is CC(OC(O[PH](=O)CCCCCC[PH](=O)OC(OC(C)S(=O)(=O)OC1CCCCC1)S(=O)(=O)OC1CCCCC1)S(=O)(=O)OC1CCCCC1)S(=O)(=O)OC1CCCCC1. The van der Waals surface area contributed by atoms with E-state index in [1.54, 1.807) is 0 Å². The number of hydrogen-bond acceptors (Lipinski definition) is 18. The van der Waals surface area contributed by atoms with Crippen LogP contribution in [0.4, 0.5) is 0 Å². The Balaban J connectivity index is 1.28. The summed E-state index contributed by atoms with van der Waals surface area (Å²) in [6.07, 6.45) is 12.9. The van der Waals surface area contributed by atoms with Gasteiger partial charge in [-0.05, 0) is 78.1 Å². The van der Waals surface area contributed by atoms with Gasteiger partial charge in [-0.15, -0.1) is 0 Å². The molecule has 4 saturated carbocycles. The van der Waals surface area contributed by atoms with Crippen LogP contribution in [0.1, 0.15) is 168 Å². The lowest BCUT2D eigenvalue weighted by Gasteiger charge is -2.27. The Morgan fingerprint density at radius 3 is 0.917 bits per heavy atom. The lowest BCUT2D eigenvalue weighted by molar-refractivity contribution is -0.0431. The summed E-state index contributed by atoms with van der Waals surface area (Å²) in [6, 6.07) is 0. The molecule has 0 saturated heterocycles. The zero-order valence-corrected chi connectivity index (χ0v) is 40.3. The van der Waals surface area contributed by atoms with Gasteiger partial charge in [0.05, 0.1) is 24.4 Å². The largest absolute Gasteiger partial charge is 0.322 e. The molecular weight excluding hydrogens is 911 g/mol. The van der Waals surface area contributed by atoms with Gasteiger partial charge in [0.2, 0.25) is 0 Å². The molecule has 4 aliphatic carbocycles. The van der Waals surface area contributed by atoms with E-state index in [2.05, 4.69) is 0 Å². The van der Waals surface area contributed by atoms with Crippen LogP contribution in [0.25, 0.3) is 0 Å². The van der Waals surface area contributed by atoms with Gasteiger partial charge in [0.1, 0.15) is 0 Å². The number of unbranched alkanes of at least 4 members (excludes halogenated alkanes) is 3. The molecule has 18 nitrogen and oxygen atoms in total. The van der Waals surface area contributed by atoms with E-state index >= 15 is 0 Å². The van der Waals surface area contributed by atoms with E-state index in [1.165, 1.54) is 0 Å². The first-order valence-electron chi connectivity index (χ1n) is 21.7. The van der Waals surface area contributed by atoms with Crippen molar-refractivity contribution in [1.29, 1.82) is 0 Å². The molecule has 0 amide bonds. The second kappa shape index (κ2) is 25.6. The van der Waals surface area contributed by atoms with Crippen molar-refractivity contribution in [2.45, 2.75) is 214 Å². The average molecular weight is 979 g/mol. The molecule has 4 aliphatic rings. The predicted molar refractivity (Wildman–Crippen MR) is 225 cm³/mol. The second-order valence-corrected chi connectivity index (χ2v) is 26.0. The first-order chi connectivity index (χ1) is 28.4. The summed E-state index contributed by atoms with van der Waals surface area (Å²) >= 11 is 0. The van der Waals surface area contributed by atoms with Crippen LogP contribution in [0.3, 0.4) is 0 Å². The Bertz CT molecular complexity index is 1640. The summed E-state index contributed by atoms with van der Waals surface area (Å²) in [7, 11) is -24.4. The van der Waals surface area contributed by atoms with Gasteiger partial charge in [0.15, 0.2) is 26.9 Å². The zero-order chi connectivity index (χ0) is 43.8. The monoisotopic (exact) mass is 978 g/mol. The molecule has 0 aromatic rings. The fraction of sp³-hybridized carbons (Fsp3) is 1.00. The van der Waals surface area contributed by atoms with Gasteiger partial charge < -0.3 is 9.47 Å². The minimum Gasteiger partial charge on any atom is -0.316 e. The molecule has 24 heteroatoms. The fourth-order valence-corrected chi connectivity index (χ4v) is 15.1. The van der Waals surface area contributed by atoms with Gasteiger partial charge in [-0.25, -0.2) is 0 Å². The van der Waals surface area contributed by atoms with Crippen molar-refractivity contribution < 1.29 is 78.1 Å². The Morgan fingerprint density at radius 2 is 0.650 bits per heavy atom. The second-order valence-electron chi connectivity index (χ2n) is 16.3. The topological polar surface area (TPSA) is 245 Å². The van der Waals surface area contributed by atoms with Crippen molar-refractivity contribution in [2.75, 3.05) is 12.3 Å². The molecule has 0 N–H and O–H groups in total. The Hall–Kier alpha value is -0.0600. The van der Waals surface area contributed by atoms with Crippen LogP contribution in [0.2, 0.25) is 0 Å². The molecule has 0 bridgehead atoms. The number of ether oxygens (including phenoxy) is 2. The van der Waals surface area contributed by atoms with E-state index in [0.29, 0.717) is 64.2 Å². The Kier molecular flexibility index (Phi) is 22.4. The summed E-state index contributed by atoms with van der Waals surface area (Å²) in [5.41, 5.74) is -8.09. The van der Waals surface area contributed by atoms with E-state index in [0.717, 1.165) is 90.9 Å². The van der Waals surface area contributed by atoms with Crippen LogP contribution < -0.4 is 0 Å². The molecule has 60 heavy (non-hydrogen) atoms. The van der Waals surface area contributed by atoms with Crippen LogP contribution >= 0.6 is 16.1 Å². The third kappa shape index (κ3) is 18.4. The third-order valence-electron chi connectivity index (χ3n) is 11.1. The smallest absolute Gasteiger partial charge is 0.316 e. The first kappa shape index (κ1) is 52.6. The maximum absolute atomic E-state index is 13.3. The molecule has 0 radical (unpaired) electrons. The van der Waals surface area contributed by atoms with Gasteiger partial charge >= 0.3 is 20.2 Å². The first-order valence-corrected chi connectivity index (χ1v) is 30.7. The molecule has 354 valence electrons. The lowest BCUT2D eigenvalue weighted by Crippen LogP contribution is -2.38. The van der Waals surface area contributed by atoms with E-state index in [4.69, 9.17) is 35.3 Å². The quantitative estimate of drug-likeness (QED) is 0.0334. The molecule has 6 atom stereocenters. The van der Waals surface area contributed by atoms with Crippen molar-refractivity contribution >= 4 is 56.5 Å². The molecule has 4 rings (SSSR count). The van der Waals surface area contributed by atoms with Crippen molar-refractivity contribution in [3.8, 4) is 0 Å². The zero-order valence-electron chi connectivity index (χ0n) is 35.0. The summed E-state index contributed by atoms with van der Waals surface area (Å²) in [6.45, 7) is 2.25. The van der Waals surface area contributed by atoms with Gasteiger partial charge in [0.25, 0.3) is 31.5 Å². The van der Waals surface area contributed by atoms with Crippen molar-refractivity contribution in [3.05, 3.63) is 0 Å². The highest BCUT2D eigenvalue weighted by Crippen LogP contribution is 2.36. The maximum Gasteiger partial charge on any atom is 0.322 e. The van der Waals surface area contributed by atoms with E-state index < -0.39 is 103 Å². The summed E-state index contributed by atoms with van der Waals surface area (Å²) in [5.74, 6) is 0. The van der Waals surface area contributed by atoms with E-state index in [1.807, 2.05) is 0 Å². The molecule has 0 aromatic carbocycles. The van der Waals surface area contributed by atoms with E-state index in [-0.39, 0.29) is 25.2 Å². The Labute approximate surface area is 359 Å². The Morgan fingerprint density at radius 1 is 0.400 bits per heavy atom. The van der Waals surface area contributed by atoms with Crippen LogP contribution in [0, 0.1) is 0 Å². The predicted octanol–water partition coefficient (Wildman–Crippen LogP) is 7.54. The van der Waals surface area contributed by atoms with Crippen molar-refractivity contribution in [2.24, 2.45) is 0 Å². The lowest BCUT2D eigenvalue weighted by atomic mass is 9.98. The number of hydrogen-bond donors (Lipinski definition) is 0.